The number of anilines is 1. The number of hydrogen-bond donors (Lipinski definition) is 0. The summed E-state index contributed by atoms with van der Waals surface area (Å²) in [5, 5.41) is 1.13. The molecule has 2 rings (SSSR count). The van der Waals surface area contributed by atoms with E-state index < -0.39 is 0 Å². The number of thiazole rings is 1. The van der Waals surface area contributed by atoms with Gasteiger partial charge >= 0.3 is 0 Å². The maximum atomic E-state index is 5.33. The molecule has 0 N–H and O–H groups in total. The van der Waals surface area contributed by atoms with Crippen LogP contribution in [-0.2, 0) is 11.2 Å². The number of nitrogens with zero attached hydrogens (tertiary/aromatic N) is 2. The van der Waals surface area contributed by atoms with Crippen molar-refractivity contribution in [2.24, 2.45) is 0 Å². The van der Waals surface area contributed by atoms with Gasteiger partial charge < -0.3 is 9.64 Å². The van der Waals surface area contributed by atoms with Crippen molar-refractivity contribution < 1.29 is 4.74 Å². The Labute approximate surface area is 103 Å². The van der Waals surface area contributed by atoms with E-state index in [0.717, 1.165) is 44.3 Å². The molecule has 1 aliphatic rings. The van der Waals surface area contributed by atoms with E-state index in [-0.39, 0.29) is 0 Å². The second-order valence-corrected chi connectivity index (χ2v) is 5.86. The molecule has 0 unspecified atom stereocenters. The van der Waals surface area contributed by atoms with E-state index in [1.165, 1.54) is 9.48 Å². The summed E-state index contributed by atoms with van der Waals surface area (Å²) in [6, 6.07) is 0. The van der Waals surface area contributed by atoms with Crippen LogP contribution in [0, 0.1) is 0 Å². The minimum Gasteiger partial charge on any atom is -0.378 e. The van der Waals surface area contributed by atoms with Crippen molar-refractivity contribution in [2.45, 2.75) is 19.8 Å². The zero-order valence-electron chi connectivity index (χ0n) is 8.83. The highest BCUT2D eigenvalue weighted by atomic mass is 79.9. The van der Waals surface area contributed by atoms with E-state index in [2.05, 4.69) is 32.7 Å². The van der Waals surface area contributed by atoms with Crippen molar-refractivity contribution in [1.82, 2.24) is 4.98 Å². The summed E-state index contributed by atoms with van der Waals surface area (Å²) in [5.41, 5.74) is 1.20. The fraction of sp³-hybridized carbons (Fsp3) is 0.700. The molecule has 15 heavy (non-hydrogen) atoms. The summed E-state index contributed by atoms with van der Waals surface area (Å²) < 4.78 is 6.52. The van der Waals surface area contributed by atoms with Crippen molar-refractivity contribution in [3.63, 3.8) is 0 Å². The van der Waals surface area contributed by atoms with Gasteiger partial charge in [-0.1, -0.05) is 24.7 Å². The van der Waals surface area contributed by atoms with Crippen LogP contribution in [0.4, 0.5) is 5.13 Å². The molecule has 0 spiro atoms. The third kappa shape index (κ3) is 2.71. The molecule has 2 heterocycles. The highest BCUT2D eigenvalue weighted by molar-refractivity contribution is 9.11. The first-order valence-corrected chi connectivity index (χ1v) is 6.90. The van der Waals surface area contributed by atoms with Gasteiger partial charge in [0, 0.05) is 13.1 Å². The Morgan fingerprint density at radius 3 is 2.87 bits per heavy atom. The van der Waals surface area contributed by atoms with Crippen LogP contribution in [0.1, 0.15) is 19.0 Å². The minimum atomic E-state index is 0.820. The van der Waals surface area contributed by atoms with Crippen LogP contribution in [0.2, 0.25) is 0 Å². The first kappa shape index (κ1) is 11.4. The second kappa shape index (κ2) is 5.27. The third-order valence-electron chi connectivity index (χ3n) is 2.41. The maximum absolute atomic E-state index is 5.33. The molecule has 0 radical (unpaired) electrons. The van der Waals surface area contributed by atoms with Gasteiger partial charge in [-0.2, -0.15) is 0 Å². The summed E-state index contributed by atoms with van der Waals surface area (Å²) in [4.78, 5) is 6.97. The van der Waals surface area contributed by atoms with E-state index in [4.69, 9.17) is 4.74 Å². The summed E-state index contributed by atoms with van der Waals surface area (Å²) in [6.07, 6.45) is 2.20. The lowest BCUT2D eigenvalue weighted by atomic mass is 10.3. The van der Waals surface area contributed by atoms with Crippen LogP contribution in [0.5, 0.6) is 0 Å². The van der Waals surface area contributed by atoms with Crippen molar-refractivity contribution >= 4 is 32.4 Å². The molecule has 0 saturated carbocycles. The Hall–Kier alpha value is -0.130. The quantitative estimate of drug-likeness (QED) is 0.856. The molecule has 0 atom stereocenters. The molecule has 1 fully saturated rings. The highest BCUT2D eigenvalue weighted by Crippen LogP contribution is 2.31. The lowest BCUT2D eigenvalue weighted by Crippen LogP contribution is -2.36. The summed E-state index contributed by atoms with van der Waals surface area (Å²) in [7, 11) is 0. The van der Waals surface area contributed by atoms with Gasteiger partial charge in [0.05, 0.1) is 22.7 Å². The molecular formula is C10H15BrN2OS. The van der Waals surface area contributed by atoms with Crippen LogP contribution in [0.3, 0.4) is 0 Å². The van der Waals surface area contributed by atoms with Gasteiger partial charge in [0.15, 0.2) is 5.13 Å². The van der Waals surface area contributed by atoms with Gasteiger partial charge in [0.25, 0.3) is 0 Å². The molecule has 84 valence electrons. The Morgan fingerprint density at radius 1 is 1.47 bits per heavy atom. The van der Waals surface area contributed by atoms with Crippen LogP contribution >= 0.6 is 27.3 Å². The molecule has 1 aliphatic heterocycles. The molecule has 0 aromatic carbocycles. The van der Waals surface area contributed by atoms with Gasteiger partial charge in [-0.25, -0.2) is 4.98 Å². The first-order chi connectivity index (χ1) is 7.31. The molecule has 1 saturated heterocycles. The number of ether oxygens (including phenoxy) is 1. The zero-order valence-corrected chi connectivity index (χ0v) is 11.2. The van der Waals surface area contributed by atoms with Crippen LogP contribution in [0.25, 0.3) is 0 Å². The number of hydrogen-bond acceptors (Lipinski definition) is 4. The Morgan fingerprint density at radius 2 is 2.20 bits per heavy atom. The van der Waals surface area contributed by atoms with Crippen molar-refractivity contribution in [1.29, 1.82) is 0 Å². The van der Waals surface area contributed by atoms with Crippen LogP contribution < -0.4 is 4.90 Å². The normalized spacial score (nSPS) is 17.1. The van der Waals surface area contributed by atoms with Crippen molar-refractivity contribution in [2.75, 3.05) is 31.2 Å². The van der Waals surface area contributed by atoms with E-state index in [0.29, 0.717) is 0 Å². The Balaban J connectivity index is 2.10. The average molecular weight is 291 g/mol. The molecule has 0 aliphatic carbocycles. The smallest absolute Gasteiger partial charge is 0.186 e. The van der Waals surface area contributed by atoms with E-state index in [9.17, 15) is 0 Å². The molecule has 0 bridgehead atoms. The zero-order chi connectivity index (χ0) is 10.7. The molecule has 5 heteroatoms. The standard InChI is InChI=1S/C10H15BrN2OS/c1-2-3-8-9(11)15-10(12-8)13-4-6-14-7-5-13/h2-7H2,1H3. The monoisotopic (exact) mass is 290 g/mol. The second-order valence-electron chi connectivity index (χ2n) is 3.57. The number of halogens is 1. The van der Waals surface area contributed by atoms with Crippen molar-refractivity contribution in [3.05, 3.63) is 9.48 Å². The van der Waals surface area contributed by atoms with E-state index >= 15 is 0 Å². The lowest BCUT2D eigenvalue weighted by molar-refractivity contribution is 0.122. The van der Waals surface area contributed by atoms with Gasteiger partial charge in [-0.3, -0.25) is 0 Å². The Bertz CT molecular complexity index is 323. The summed E-state index contributed by atoms with van der Waals surface area (Å²) in [6.45, 7) is 5.75. The largest absolute Gasteiger partial charge is 0.378 e. The fourth-order valence-electron chi connectivity index (χ4n) is 1.60. The third-order valence-corrected chi connectivity index (χ3v) is 4.30. The Kier molecular flexibility index (Phi) is 3.99. The molecule has 1 aromatic heterocycles. The minimum absolute atomic E-state index is 0.820. The number of aryl methyl sites for hydroxylation is 1. The predicted octanol–water partition coefficient (Wildman–Crippen LogP) is 2.69. The van der Waals surface area contributed by atoms with Crippen molar-refractivity contribution in [3.8, 4) is 0 Å². The van der Waals surface area contributed by atoms with Crippen LogP contribution in [0.15, 0.2) is 3.79 Å². The number of morpholine rings is 1. The van der Waals surface area contributed by atoms with E-state index in [1.807, 2.05) is 0 Å². The maximum Gasteiger partial charge on any atom is 0.186 e. The van der Waals surface area contributed by atoms with Gasteiger partial charge in [-0.05, 0) is 22.4 Å². The number of aromatic nitrogens is 1. The van der Waals surface area contributed by atoms with E-state index in [1.54, 1.807) is 11.3 Å². The molecule has 3 nitrogen and oxygen atoms in total. The fourth-order valence-corrected chi connectivity index (χ4v) is 3.22. The average Bonchev–Trinajstić information content (AvgIpc) is 2.63. The summed E-state index contributed by atoms with van der Waals surface area (Å²) >= 11 is 5.32. The predicted molar refractivity (Wildman–Crippen MR) is 66.8 cm³/mol. The molecule has 1 aromatic rings. The van der Waals surface area contributed by atoms with Crippen LogP contribution in [-0.4, -0.2) is 31.3 Å². The first-order valence-electron chi connectivity index (χ1n) is 5.29. The SMILES string of the molecule is CCCc1nc(N2CCOCC2)sc1Br. The lowest BCUT2D eigenvalue weighted by Gasteiger charge is -2.25. The van der Waals surface area contributed by atoms with Gasteiger partial charge in [-0.15, -0.1) is 0 Å². The molecular weight excluding hydrogens is 276 g/mol. The van der Waals surface area contributed by atoms with Gasteiger partial charge in [0.1, 0.15) is 0 Å². The highest BCUT2D eigenvalue weighted by Gasteiger charge is 2.16. The molecule has 0 amide bonds. The van der Waals surface area contributed by atoms with Gasteiger partial charge in [0.2, 0.25) is 0 Å². The topological polar surface area (TPSA) is 25.4 Å². The summed E-state index contributed by atoms with van der Waals surface area (Å²) in [5.74, 6) is 0. The number of rotatable bonds is 3.